The lowest BCUT2D eigenvalue weighted by atomic mass is 9.91. The topological polar surface area (TPSA) is 0 Å². The number of rotatable bonds is 2. The zero-order chi connectivity index (χ0) is 9.36. The second-order valence-electron chi connectivity index (χ2n) is 4.40. The molecule has 1 fully saturated rings. The molecule has 0 bridgehead atoms. The molecular formula is C12H23I. The molecule has 0 aromatic heterocycles. The summed E-state index contributed by atoms with van der Waals surface area (Å²) in [6.45, 7) is 0. The third-order valence-corrected chi connectivity index (χ3v) is 3.86. The van der Waals surface area contributed by atoms with Gasteiger partial charge in [0.1, 0.15) is 0 Å². The van der Waals surface area contributed by atoms with E-state index in [-0.39, 0.29) is 0 Å². The van der Waals surface area contributed by atoms with Crippen LogP contribution in [0.3, 0.4) is 0 Å². The Bertz CT molecular complexity index is 102. The maximum atomic E-state index is 2.53. The van der Waals surface area contributed by atoms with Crippen LogP contribution in [0.2, 0.25) is 0 Å². The van der Waals surface area contributed by atoms with Crippen molar-refractivity contribution in [1.29, 1.82) is 0 Å². The van der Waals surface area contributed by atoms with Crippen LogP contribution >= 0.6 is 22.6 Å². The molecule has 1 heteroatoms. The number of hydrogen-bond donors (Lipinski definition) is 0. The van der Waals surface area contributed by atoms with Crippen molar-refractivity contribution < 1.29 is 0 Å². The molecule has 0 aromatic rings. The molecule has 0 radical (unpaired) electrons. The zero-order valence-electron chi connectivity index (χ0n) is 8.73. The summed E-state index contributed by atoms with van der Waals surface area (Å²) >= 11 is 2.53. The van der Waals surface area contributed by atoms with Gasteiger partial charge in [-0.3, -0.25) is 0 Å². The van der Waals surface area contributed by atoms with Gasteiger partial charge in [0.15, 0.2) is 0 Å². The van der Waals surface area contributed by atoms with Crippen LogP contribution in [0, 0.1) is 5.92 Å². The van der Waals surface area contributed by atoms with Crippen LogP contribution in [0.25, 0.3) is 0 Å². The van der Waals surface area contributed by atoms with E-state index in [1.807, 2.05) is 0 Å². The SMILES string of the molecule is ICCC1CCCCCCCCC1. The van der Waals surface area contributed by atoms with E-state index in [1.54, 1.807) is 0 Å². The third kappa shape index (κ3) is 5.92. The molecule has 0 N–H and O–H groups in total. The van der Waals surface area contributed by atoms with Gasteiger partial charge < -0.3 is 0 Å². The van der Waals surface area contributed by atoms with Gasteiger partial charge in [-0.05, 0) is 16.8 Å². The van der Waals surface area contributed by atoms with Crippen LogP contribution in [0.1, 0.15) is 64.2 Å². The molecule has 0 saturated heterocycles. The second-order valence-corrected chi connectivity index (χ2v) is 5.47. The van der Waals surface area contributed by atoms with Crippen molar-refractivity contribution in [3.63, 3.8) is 0 Å². The predicted molar refractivity (Wildman–Crippen MR) is 68.5 cm³/mol. The molecule has 0 unspecified atom stereocenters. The Balaban J connectivity index is 2.18. The van der Waals surface area contributed by atoms with E-state index in [0.717, 1.165) is 5.92 Å². The minimum atomic E-state index is 1.06. The zero-order valence-corrected chi connectivity index (χ0v) is 10.9. The van der Waals surface area contributed by atoms with Gasteiger partial charge in [0, 0.05) is 0 Å². The average molecular weight is 294 g/mol. The van der Waals surface area contributed by atoms with Gasteiger partial charge >= 0.3 is 0 Å². The minimum absolute atomic E-state index is 1.06. The number of alkyl halides is 1. The van der Waals surface area contributed by atoms with Crippen molar-refractivity contribution in [3.05, 3.63) is 0 Å². The van der Waals surface area contributed by atoms with E-state index in [1.165, 1.54) is 68.6 Å². The maximum Gasteiger partial charge on any atom is -0.000209 e. The van der Waals surface area contributed by atoms with E-state index < -0.39 is 0 Å². The van der Waals surface area contributed by atoms with Crippen molar-refractivity contribution in [2.24, 2.45) is 5.92 Å². The Morgan fingerprint density at radius 3 is 1.69 bits per heavy atom. The molecule has 78 valence electrons. The Kier molecular flexibility index (Phi) is 7.33. The first-order valence-electron chi connectivity index (χ1n) is 5.99. The van der Waals surface area contributed by atoms with Gasteiger partial charge in [-0.15, -0.1) is 0 Å². The highest BCUT2D eigenvalue weighted by Gasteiger charge is 2.08. The van der Waals surface area contributed by atoms with E-state index in [0.29, 0.717) is 0 Å². The summed E-state index contributed by atoms with van der Waals surface area (Å²) in [6.07, 6.45) is 15.0. The van der Waals surface area contributed by atoms with Crippen molar-refractivity contribution in [1.82, 2.24) is 0 Å². The fourth-order valence-electron chi connectivity index (χ4n) is 2.34. The standard InChI is InChI=1S/C12H23I/c13-11-10-12-8-6-4-2-1-3-5-7-9-12/h12H,1-11H2. The van der Waals surface area contributed by atoms with Crippen LogP contribution < -0.4 is 0 Å². The maximum absolute atomic E-state index is 2.53. The molecule has 1 aliphatic carbocycles. The van der Waals surface area contributed by atoms with Gasteiger partial charge in [-0.25, -0.2) is 0 Å². The molecular weight excluding hydrogens is 271 g/mol. The van der Waals surface area contributed by atoms with Gasteiger partial charge in [-0.2, -0.15) is 0 Å². The third-order valence-electron chi connectivity index (χ3n) is 3.24. The monoisotopic (exact) mass is 294 g/mol. The van der Waals surface area contributed by atoms with Gasteiger partial charge in [0.25, 0.3) is 0 Å². The molecule has 1 saturated carbocycles. The number of halogens is 1. The summed E-state index contributed by atoms with van der Waals surface area (Å²) in [5, 5.41) is 0. The van der Waals surface area contributed by atoms with Crippen LogP contribution in [0.4, 0.5) is 0 Å². The van der Waals surface area contributed by atoms with E-state index in [2.05, 4.69) is 22.6 Å². The van der Waals surface area contributed by atoms with Crippen LogP contribution in [-0.4, -0.2) is 4.43 Å². The highest BCUT2D eigenvalue weighted by atomic mass is 127. The Morgan fingerprint density at radius 1 is 0.769 bits per heavy atom. The highest BCUT2D eigenvalue weighted by Crippen LogP contribution is 2.24. The van der Waals surface area contributed by atoms with Gasteiger partial charge in [-0.1, -0.05) is 80.4 Å². The molecule has 0 atom stereocenters. The Hall–Kier alpha value is 0.730. The van der Waals surface area contributed by atoms with Crippen molar-refractivity contribution in [3.8, 4) is 0 Å². The summed E-state index contributed by atoms with van der Waals surface area (Å²) < 4.78 is 1.36. The highest BCUT2D eigenvalue weighted by molar-refractivity contribution is 14.1. The summed E-state index contributed by atoms with van der Waals surface area (Å²) in [5.74, 6) is 1.06. The lowest BCUT2D eigenvalue weighted by Crippen LogP contribution is -2.02. The normalized spacial score (nSPS) is 22.8. The van der Waals surface area contributed by atoms with Gasteiger partial charge in [0.2, 0.25) is 0 Å². The fraction of sp³-hybridized carbons (Fsp3) is 1.00. The largest absolute Gasteiger partial charge is 0.0864 e. The first kappa shape index (κ1) is 11.8. The summed E-state index contributed by atoms with van der Waals surface area (Å²) in [6, 6.07) is 0. The fourth-order valence-corrected chi connectivity index (χ4v) is 3.22. The van der Waals surface area contributed by atoms with Crippen molar-refractivity contribution >= 4 is 22.6 Å². The number of hydrogen-bond acceptors (Lipinski definition) is 0. The summed E-state index contributed by atoms with van der Waals surface area (Å²) in [5.41, 5.74) is 0. The quantitative estimate of drug-likeness (QED) is 0.499. The summed E-state index contributed by atoms with van der Waals surface area (Å²) in [7, 11) is 0. The summed E-state index contributed by atoms with van der Waals surface area (Å²) in [4.78, 5) is 0. The molecule has 1 rings (SSSR count). The molecule has 0 aromatic carbocycles. The van der Waals surface area contributed by atoms with E-state index in [9.17, 15) is 0 Å². The molecule has 0 aliphatic heterocycles. The van der Waals surface area contributed by atoms with E-state index >= 15 is 0 Å². The molecule has 0 nitrogen and oxygen atoms in total. The minimum Gasteiger partial charge on any atom is -0.0864 e. The first-order chi connectivity index (χ1) is 6.43. The van der Waals surface area contributed by atoms with Crippen LogP contribution in [-0.2, 0) is 0 Å². The molecule has 0 heterocycles. The Morgan fingerprint density at radius 2 is 1.23 bits per heavy atom. The lowest BCUT2D eigenvalue weighted by molar-refractivity contribution is 0.383. The van der Waals surface area contributed by atoms with Crippen LogP contribution in [0.5, 0.6) is 0 Å². The molecule has 13 heavy (non-hydrogen) atoms. The predicted octanol–water partition coefficient (Wildman–Crippen LogP) is 4.95. The van der Waals surface area contributed by atoms with Crippen LogP contribution in [0.15, 0.2) is 0 Å². The Labute approximate surface area is 97.0 Å². The van der Waals surface area contributed by atoms with Gasteiger partial charge in [0.05, 0.1) is 0 Å². The van der Waals surface area contributed by atoms with Crippen molar-refractivity contribution in [2.75, 3.05) is 4.43 Å². The molecule has 0 spiro atoms. The lowest BCUT2D eigenvalue weighted by Gasteiger charge is -2.17. The second kappa shape index (κ2) is 8.07. The average Bonchev–Trinajstić information content (AvgIpc) is 2.16. The molecule has 1 aliphatic rings. The smallest absolute Gasteiger partial charge is 0.000209 e. The van der Waals surface area contributed by atoms with Crippen molar-refractivity contribution in [2.45, 2.75) is 64.2 Å². The molecule has 0 amide bonds. The first-order valence-corrected chi connectivity index (χ1v) is 7.52. The van der Waals surface area contributed by atoms with E-state index in [4.69, 9.17) is 0 Å².